The second-order valence-electron chi connectivity index (χ2n) is 6.80. The van der Waals surface area contributed by atoms with Crippen LogP contribution < -0.4 is 4.90 Å². The molecule has 134 valence electrons. The lowest BCUT2D eigenvalue weighted by Gasteiger charge is -2.25. The Morgan fingerprint density at radius 1 is 1.27 bits per heavy atom. The second kappa shape index (κ2) is 6.39. The number of para-hydroxylation sites is 1. The van der Waals surface area contributed by atoms with Gasteiger partial charge >= 0.3 is 0 Å². The molecule has 0 saturated heterocycles. The number of rotatable bonds is 3. The van der Waals surface area contributed by atoms with Crippen LogP contribution in [-0.2, 0) is 11.2 Å². The van der Waals surface area contributed by atoms with E-state index in [0.29, 0.717) is 10.9 Å². The van der Waals surface area contributed by atoms with Crippen molar-refractivity contribution in [3.8, 4) is 0 Å². The summed E-state index contributed by atoms with van der Waals surface area (Å²) in [6, 6.07) is 10.3. The molecule has 0 radical (unpaired) electrons. The lowest BCUT2D eigenvalue weighted by molar-refractivity contribution is -0.118. The Hall–Kier alpha value is -2.41. The van der Waals surface area contributed by atoms with Crippen molar-refractivity contribution in [2.75, 3.05) is 4.90 Å². The molecule has 3 heterocycles. The minimum absolute atomic E-state index is 0.0900. The molecule has 4 rings (SSSR count). The fraction of sp³-hybridized carbons (Fsp3) is 0.368. The molecule has 2 atom stereocenters. The number of fused-ring (bicyclic) bond motifs is 2. The van der Waals surface area contributed by atoms with Crippen LogP contribution in [0.2, 0.25) is 0 Å². The number of anilines is 1. The van der Waals surface area contributed by atoms with Gasteiger partial charge < -0.3 is 4.90 Å². The van der Waals surface area contributed by atoms with Gasteiger partial charge in [0.15, 0.2) is 0 Å². The van der Waals surface area contributed by atoms with E-state index in [0.717, 1.165) is 23.5 Å². The Balaban J connectivity index is 1.58. The van der Waals surface area contributed by atoms with Gasteiger partial charge in [0.05, 0.1) is 5.25 Å². The summed E-state index contributed by atoms with van der Waals surface area (Å²) in [5, 5.41) is 4.80. The maximum Gasteiger partial charge on any atom is 0.253 e. The van der Waals surface area contributed by atoms with Crippen LogP contribution in [0.25, 0.3) is 5.78 Å². The quantitative estimate of drug-likeness (QED) is 0.665. The molecule has 6 nitrogen and oxygen atoms in total. The summed E-state index contributed by atoms with van der Waals surface area (Å²) in [7, 11) is 0. The van der Waals surface area contributed by atoms with Crippen LogP contribution in [0, 0.1) is 13.8 Å². The zero-order valence-corrected chi connectivity index (χ0v) is 16.1. The van der Waals surface area contributed by atoms with Crippen LogP contribution in [0.1, 0.15) is 30.8 Å². The highest BCUT2D eigenvalue weighted by Crippen LogP contribution is 2.34. The molecular formula is C19H21N5OS. The molecule has 3 aromatic rings. The molecule has 1 aromatic carbocycles. The summed E-state index contributed by atoms with van der Waals surface area (Å²) in [6.07, 6.45) is 0.897. The molecule has 0 unspecified atom stereocenters. The molecule has 1 aliphatic heterocycles. The minimum Gasteiger partial charge on any atom is -0.308 e. The van der Waals surface area contributed by atoms with Crippen molar-refractivity contribution in [2.45, 2.75) is 50.6 Å². The lowest BCUT2D eigenvalue weighted by Crippen LogP contribution is -2.40. The van der Waals surface area contributed by atoms with Crippen LogP contribution in [-0.4, -0.2) is 36.8 Å². The maximum atomic E-state index is 13.1. The molecule has 0 fully saturated rings. The number of hydrogen-bond donors (Lipinski definition) is 0. The molecule has 1 amide bonds. The van der Waals surface area contributed by atoms with Gasteiger partial charge in [0.1, 0.15) is 0 Å². The van der Waals surface area contributed by atoms with Crippen LogP contribution in [0.5, 0.6) is 0 Å². The molecule has 7 heteroatoms. The molecule has 0 spiro atoms. The van der Waals surface area contributed by atoms with Crippen molar-refractivity contribution in [1.29, 1.82) is 0 Å². The summed E-state index contributed by atoms with van der Waals surface area (Å²) in [6.45, 7) is 7.92. The Bertz CT molecular complexity index is 999. The third-order valence-electron chi connectivity index (χ3n) is 4.67. The fourth-order valence-corrected chi connectivity index (χ4v) is 4.30. The predicted octanol–water partition coefficient (Wildman–Crippen LogP) is 3.20. The average molecular weight is 367 g/mol. The first kappa shape index (κ1) is 17.0. The molecule has 1 aliphatic rings. The molecular weight excluding hydrogens is 346 g/mol. The van der Waals surface area contributed by atoms with Gasteiger partial charge in [-0.2, -0.15) is 4.98 Å². The highest BCUT2D eigenvalue weighted by Gasteiger charge is 2.33. The van der Waals surface area contributed by atoms with Crippen LogP contribution in [0.3, 0.4) is 0 Å². The first-order chi connectivity index (χ1) is 12.4. The smallest absolute Gasteiger partial charge is 0.253 e. The van der Waals surface area contributed by atoms with E-state index in [9.17, 15) is 4.79 Å². The summed E-state index contributed by atoms with van der Waals surface area (Å²) >= 11 is 1.38. The summed E-state index contributed by atoms with van der Waals surface area (Å²) in [5.74, 6) is 0.664. The molecule has 2 aromatic heterocycles. The average Bonchev–Trinajstić information content (AvgIpc) is 3.13. The van der Waals surface area contributed by atoms with Crippen molar-refractivity contribution < 1.29 is 4.79 Å². The highest BCUT2D eigenvalue weighted by molar-refractivity contribution is 8.00. The second-order valence-corrected chi connectivity index (χ2v) is 8.10. The summed E-state index contributed by atoms with van der Waals surface area (Å²) < 4.78 is 1.72. The van der Waals surface area contributed by atoms with Gasteiger partial charge in [-0.3, -0.25) is 4.79 Å². The topological polar surface area (TPSA) is 63.4 Å². The van der Waals surface area contributed by atoms with Gasteiger partial charge in [0, 0.05) is 23.1 Å². The van der Waals surface area contributed by atoms with Crippen LogP contribution in [0.15, 0.2) is 35.5 Å². The standard InChI is InChI=1S/C19H21N5OS/c1-11-9-13(3)24-18(20-11)21-19(22-24)26-14(4)17(25)23-12(2)10-15-7-5-6-8-16(15)23/h5-9,12,14H,10H2,1-4H3/t12-,14-/m1/s1. The Morgan fingerprint density at radius 3 is 2.85 bits per heavy atom. The van der Waals surface area contributed by atoms with Gasteiger partial charge in [0.2, 0.25) is 11.1 Å². The van der Waals surface area contributed by atoms with Crippen LogP contribution >= 0.6 is 11.8 Å². The number of aryl methyl sites for hydroxylation is 2. The van der Waals surface area contributed by atoms with Crippen molar-refractivity contribution in [3.05, 3.63) is 47.3 Å². The number of aromatic nitrogens is 4. The lowest BCUT2D eigenvalue weighted by atomic mass is 10.1. The number of nitrogens with zero attached hydrogens (tertiary/aromatic N) is 5. The Morgan fingerprint density at radius 2 is 2.04 bits per heavy atom. The molecule has 0 bridgehead atoms. The SMILES string of the molecule is Cc1cc(C)n2nc(S[C@H](C)C(=O)N3c4ccccc4C[C@H]3C)nc2n1. The summed E-state index contributed by atoms with van der Waals surface area (Å²) in [4.78, 5) is 23.9. The zero-order valence-electron chi connectivity index (χ0n) is 15.3. The number of carbonyl (C=O) groups is 1. The Labute approximate surface area is 156 Å². The van der Waals surface area contributed by atoms with Gasteiger partial charge in [-0.15, -0.1) is 5.10 Å². The highest BCUT2D eigenvalue weighted by atomic mass is 32.2. The van der Waals surface area contributed by atoms with Gasteiger partial charge in [-0.25, -0.2) is 9.50 Å². The normalized spacial score (nSPS) is 17.5. The first-order valence-electron chi connectivity index (χ1n) is 8.72. The number of carbonyl (C=O) groups excluding carboxylic acids is 1. The minimum atomic E-state index is -0.276. The maximum absolute atomic E-state index is 13.1. The third-order valence-corrected chi connectivity index (χ3v) is 5.61. The predicted molar refractivity (Wildman–Crippen MR) is 103 cm³/mol. The third kappa shape index (κ3) is 2.86. The van der Waals surface area contributed by atoms with E-state index in [1.54, 1.807) is 4.52 Å². The first-order valence-corrected chi connectivity index (χ1v) is 9.60. The van der Waals surface area contributed by atoms with Gasteiger partial charge in [-0.05, 0) is 51.8 Å². The number of hydrogen-bond acceptors (Lipinski definition) is 5. The van der Waals surface area contributed by atoms with E-state index in [2.05, 4.69) is 28.1 Å². The van der Waals surface area contributed by atoms with E-state index >= 15 is 0 Å². The van der Waals surface area contributed by atoms with E-state index in [-0.39, 0.29) is 17.2 Å². The molecule has 0 N–H and O–H groups in total. The van der Waals surface area contributed by atoms with Crippen LogP contribution in [0.4, 0.5) is 5.69 Å². The monoisotopic (exact) mass is 367 g/mol. The number of amides is 1. The largest absolute Gasteiger partial charge is 0.308 e. The van der Waals surface area contributed by atoms with E-state index in [1.807, 2.05) is 49.9 Å². The van der Waals surface area contributed by atoms with E-state index < -0.39 is 0 Å². The van der Waals surface area contributed by atoms with E-state index in [4.69, 9.17) is 0 Å². The molecule has 0 saturated carbocycles. The summed E-state index contributed by atoms with van der Waals surface area (Å²) in [5.41, 5.74) is 4.14. The number of thioether (sulfide) groups is 1. The molecule has 26 heavy (non-hydrogen) atoms. The zero-order chi connectivity index (χ0) is 18.4. The number of benzene rings is 1. The Kier molecular flexibility index (Phi) is 4.19. The molecule has 0 aliphatic carbocycles. The van der Waals surface area contributed by atoms with E-state index in [1.165, 1.54) is 17.3 Å². The van der Waals surface area contributed by atoms with Crippen molar-refractivity contribution in [1.82, 2.24) is 19.6 Å². The van der Waals surface area contributed by atoms with Gasteiger partial charge in [-0.1, -0.05) is 30.0 Å². The van der Waals surface area contributed by atoms with Crippen molar-refractivity contribution >= 4 is 29.1 Å². The van der Waals surface area contributed by atoms with Crippen molar-refractivity contribution in [2.24, 2.45) is 0 Å². The van der Waals surface area contributed by atoms with Gasteiger partial charge in [0.25, 0.3) is 5.78 Å². The fourth-order valence-electron chi connectivity index (χ4n) is 3.50. The van der Waals surface area contributed by atoms with Crippen molar-refractivity contribution in [3.63, 3.8) is 0 Å².